The summed E-state index contributed by atoms with van der Waals surface area (Å²) >= 11 is 0. The van der Waals surface area contributed by atoms with E-state index in [2.05, 4.69) is 5.32 Å². The molecular weight excluding hydrogens is 216 g/mol. The molecule has 88 valence electrons. The fraction of sp³-hybridized carbons (Fsp3) is 0.889. The van der Waals surface area contributed by atoms with E-state index in [9.17, 15) is 13.2 Å². The van der Waals surface area contributed by atoms with Gasteiger partial charge in [0.25, 0.3) is 0 Å². The van der Waals surface area contributed by atoms with Crippen LogP contribution in [0.15, 0.2) is 0 Å². The van der Waals surface area contributed by atoms with E-state index >= 15 is 0 Å². The predicted octanol–water partition coefficient (Wildman–Crippen LogP) is -0.868. The molecule has 1 rings (SSSR count). The summed E-state index contributed by atoms with van der Waals surface area (Å²) in [7, 11) is -2.79. The molecule has 0 radical (unpaired) electrons. The van der Waals surface area contributed by atoms with Crippen molar-refractivity contribution >= 4 is 15.7 Å². The monoisotopic (exact) mass is 234 g/mol. The molecule has 15 heavy (non-hydrogen) atoms. The lowest BCUT2D eigenvalue weighted by molar-refractivity contribution is -0.121. The second-order valence-corrected chi connectivity index (χ2v) is 6.46. The van der Waals surface area contributed by atoms with Gasteiger partial charge in [0.2, 0.25) is 5.91 Å². The topological polar surface area (TPSA) is 89.3 Å². The molecule has 1 aliphatic heterocycles. The van der Waals surface area contributed by atoms with Crippen LogP contribution in [0.25, 0.3) is 0 Å². The molecule has 3 N–H and O–H groups in total. The minimum absolute atomic E-state index is 0.190. The van der Waals surface area contributed by atoms with Crippen molar-refractivity contribution in [2.45, 2.75) is 13.3 Å². The first kappa shape index (κ1) is 12.4. The summed E-state index contributed by atoms with van der Waals surface area (Å²) in [4.78, 5) is 10.7. The highest BCUT2D eigenvalue weighted by Crippen LogP contribution is 2.17. The van der Waals surface area contributed by atoms with Crippen molar-refractivity contribution in [3.63, 3.8) is 0 Å². The molecule has 0 aliphatic carbocycles. The van der Waals surface area contributed by atoms with Crippen LogP contribution < -0.4 is 11.1 Å². The number of carbonyl (C=O) groups is 1. The predicted molar refractivity (Wildman–Crippen MR) is 58.0 cm³/mol. The number of sulfone groups is 1. The van der Waals surface area contributed by atoms with Gasteiger partial charge in [-0.25, -0.2) is 8.42 Å². The molecule has 1 heterocycles. The van der Waals surface area contributed by atoms with Crippen LogP contribution in [0.5, 0.6) is 0 Å². The van der Waals surface area contributed by atoms with Crippen LogP contribution in [0.2, 0.25) is 0 Å². The maximum absolute atomic E-state index is 11.1. The third-order valence-electron chi connectivity index (χ3n) is 2.70. The Morgan fingerprint density at radius 1 is 1.60 bits per heavy atom. The van der Waals surface area contributed by atoms with Crippen molar-refractivity contribution in [2.75, 3.05) is 24.6 Å². The lowest BCUT2D eigenvalue weighted by atomic mass is 10.1. The second kappa shape index (κ2) is 4.94. The third kappa shape index (κ3) is 4.17. The number of hydrogen-bond acceptors (Lipinski definition) is 4. The molecule has 1 fully saturated rings. The second-order valence-electron chi connectivity index (χ2n) is 4.23. The van der Waals surface area contributed by atoms with E-state index in [0.717, 1.165) is 6.42 Å². The molecule has 1 aliphatic rings. The Bertz CT molecular complexity index is 326. The van der Waals surface area contributed by atoms with Gasteiger partial charge < -0.3 is 11.1 Å². The first-order chi connectivity index (χ1) is 6.91. The van der Waals surface area contributed by atoms with Gasteiger partial charge in [-0.15, -0.1) is 0 Å². The van der Waals surface area contributed by atoms with Gasteiger partial charge in [0.05, 0.1) is 11.5 Å². The lowest BCUT2D eigenvalue weighted by Crippen LogP contribution is -2.33. The van der Waals surface area contributed by atoms with Crippen LogP contribution in [0.3, 0.4) is 0 Å². The third-order valence-corrected chi connectivity index (χ3v) is 4.53. The van der Waals surface area contributed by atoms with Crippen LogP contribution in [0.4, 0.5) is 0 Å². The van der Waals surface area contributed by atoms with Crippen LogP contribution in [0, 0.1) is 11.8 Å². The molecule has 6 heteroatoms. The maximum Gasteiger partial charge on any atom is 0.221 e. The molecule has 0 saturated carbocycles. The zero-order valence-corrected chi connectivity index (χ0v) is 9.72. The van der Waals surface area contributed by atoms with Gasteiger partial charge in [0.15, 0.2) is 9.84 Å². The lowest BCUT2D eigenvalue weighted by Gasteiger charge is -2.11. The minimum atomic E-state index is -2.79. The zero-order chi connectivity index (χ0) is 11.5. The van der Waals surface area contributed by atoms with Crippen molar-refractivity contribution in [1.29, 1.82) is 0 Å². The minimum Gasteiger partial charge on any atom is -0.369 e. The van der Waals surface area contributed by atoms with Crippen molar-refractivity contribution < 1.29 is 13.2 Å². The normalized spacial score (nSPS) is 26.3. The van der Waals surface area contributed by atoms with Gasteiger partial charge >= 0.3 is 0 Å². The van der Waals surface area contributed by atoms with Crippen molar-refractivity contribution in [1.82, 2.24) is 5.32 Å². The Morgan fingerprint density at radius 2 is 2.27 bits per heavy atom. The summed E-state index contributed by atoms with van der Waals surface area (Å²) in [6.45, 7) is 2.92. The van der Waals surface area contributed by atoms with Gasteiger partial charge in [0.1, 0.15) is 0 Å². The average Bonchev–Trinajstić information content (AvgIpc) is 2.45. The number of nitrogens with two attached hydrogens (primary N) is 1. The van der Waals surface area contributed by atoms with Gasteiger partial charge in [-0.2, -0.15) is 0 Å². The smallest absolute Gasteiger partial charge is 0.221 e. The van der Waals surface area contributed by atoms with Gasteiger partial charge in [0, 0.05) is 12.5 Å². The SMILES string of the molecule is CC(CNCC1CCS(=O)(=O)C1)C(N)=O. The first-order valence-corrected chi connectivity index (χ1v) is 6.93. The van der Waals surface area contributed by atoms with Crippen molar-refractivity contribution in [3.8, 4) is 0 Å². The molecule has 5 nitrogen and oxygen atoms in total. The summed E-state index contributed by atoms with van der Waals surface area (Å²) in [6.07, 6.45) is 0.723. The molecule has 2 unspecified atom stereocenters. The Labute approximate surface area is 90.3 Å². The first-order valence-electron chi connectivity index (χ1n) is 5.11. The van der Waals surface area contributed by atoms with Crippen molar-refractivity contribution in [3.05, 3.63) is 0 Å². The fourth-order valence-corrected chi connectivity index (χ4v) is 3.50. The Hall–Kier alpha value is -0.620. The molecule has 1 amide bonds. The summed E-state index contributed by atoms with van der Waals surface area (Å²) < 4.78 is 22.3. The van der Waals surface area contributed by atoms with Gasteiger partial charge in [-0.05, 0) is 18.9 Å². The fourth-order valence-electron chi connectivity index (χ4n) is 1.64. The molecule has 0 aromatic rings. The van der Waals surface area contributed by atoms with Crippen LogP contribution in [-0.4, -0.2) is 38.9 Å². The highest BCUT2D eigenvalue weighted by molar-refractivity contribution is 7.91. The maximum atomic E-state index is 11.1. The van der Waals surface area contributed by atoms with E-state index < -0.39 is 9.84 Å². The summed E-state index contributed by atoms with van der Waals surface area (Å²) in [6, 6.07) is 0. The van der Waals surface area contributed by atoms with Crippen molar-refractivity contribution in [2.24, 2.45) is 17.6 Å². The summed E-state index contributed by atoms with van der Waals surface area (Å²) in [5.74, 6) is 0.218. The Morgan fingerprint density at radius 3 is 2.73 bits per heavy atom. The standard InChI is InChI=1S/C9H18N2O3S/c1-7(9(10)12)4-11-5-8-2-3-15(13,14)6-8/h7-8,11H,2-6H2,1H3,(H2,10,12). The highest BCUT2D eigenvalue weighted by atomic mass is 32.2. The van der Waals surface area contributed by atoms with E-state index in [1.807, 2.05) is 0 Å². The highest BCUT2D eigenvalue weighted by Gasteiger charge is 2.27. The number of carbonyl (C=O) groups excluding carboxylic acids is 1. The number of rotatable bonds is 5. The van der Waals surface area contributed by atoms with E-state index in [1.54, 1.807) is 6.92 Å². The summed E-state index contributed by atoms with van der Waals surface area (Å²) in [5.41, 5.74) is 5.10. The van der Waals surface area contributed by atoms with E-state index in [0.29, 0.717) is 18.8 Å². The molecule has 0 spiro atoms. The Balaban J connectivity index is 2.20. The van der Waals surface area contributed by atoms with Gasteiger partial charge in [-0.3, -0.25) is 4.79 Å². The van der Waals surface area contributed by atoms with E-state index in [1.165, 1.54) is 0 Å². The van der Waals surface area contributed by atoms with E-state index in [4.69, 9.17) is 5.73 Å². The molecule has 1 saturated heterocycles. The molecule has 0 aromatic carbocycles. The average molecular weight is 234 g/mol. The number of amides is 1. The zero-order valence-electron chi connectivity index (χ0n) is 8.90. The van der Waals surface area contributed by atoms with E-state index in [-0.39, 0.29) is 23.5 Å². The Kier molecular flexibility index (Phi) is 4.10. The van der Waals surface area contributed by atoms with Crippen LogP contribution >= 0.6 is 0 Å². The summed E-state index contributed by atoms with van der Waals surface area (Å²) in [5, 5.41) is 3.08. The van der Waals surface area contributed by atoms with Crippen LogP contribution in [0.1, 0.15) is 13.3 Å². The number of primary amides is 1. The van der Waals surface area contributed by atoms with Crippen LogP contribution in [-0.2, 0) is 14.6 Å². The largest absolute Gasteiger partial charge is 0.369 e. The van der Waals surface area contributed by atoms with Gasteiger partial charge in [-0.1, -0.05) is 6.92 Å². The molecular formula is C9H18N2O3S. The molecule has 2 atom stereocenters. The quantitative estimate of drug-likeness (QED) is 0.647. The number of hydrogen-bond donors (Lipinski definition) is 2. The molecule has 0 bridgehead atoms. The molecule has 0 aromatic heterocycles. The number of nitrogens with one attached hydrogen (secondary N) is 1.